The topological polar surface area (TPSA) is 106 Å². The summed E-state index contributed by atoms with van der Waals surface area (Å²) in [5.41, 5.74) is 11.2. The van der Waals surface area contributed by atoms with Gasteiger partial charge in [0, 0.05) is 24.0 Å². The summed E-state index contributed by atoms with van der Waals surface area (Å²) in [6, 6.07) is 4.78. The van der Waals surface area contributed by atoms with Crippen molar-refractivity contribution in [1.82, 2.24) is 4.31 Å². The second kappa shape index (κ2) is 6.33. The lowest BCUT2D eigenvalue weighted by Crippen LogP contribution is -2.39. The lowest BCUT2D eigenvalue weighted by atomic mass is 9.94. The highest BCUT2D eigenvalue weighted by Crippen LogP contribution is 2.29. The van der Waals surface area contributed by atoms with E-state index in [-0.39, 0.29) is 22.4 Å². The molecule has 0 unspecified atom stereocenters. The van der Waals surface area contributed by atoms with Crippen LogP contribution in [0.3, 0.4) is 0 Å². The Morgan fingerprint density at radius 3 is 2.52 bits per heavy atom. The molecule has 21 heavy (non-hydrogen) atoms. The molecule has 0 atom stereocenters. The number of carbonyl (C=O) groups excluding carboxylic acids is 1. The van der Waals surface area contributed by atoms with E-state index < -0.39 is 10.0 Å². The molecule has 4 N–H and O–H groups in total. The van der Waals surface area contributed by atoms with Crippen molar-refractivity contribution in [3.8, 4) is 0 Å². The number of rotatable bonds is 4. The molecule has 1 aromatic carbocycles. The molecule has 0 aromatic heterocycles. The van der Waals surface area contributed by atoms with Crippen LogP contribution < -0.4 is 11.5 Å². The van der Waals surface area contributed by atoms with Gasteiger partial charge in [-0.3, -0.25) is 4.79 Å². The molecule has 6 nitrogen and oxygen atoms in total. The van der Waals surface area contributed by atoms with Gasteiger partial charge in [-0.15, -0.1) is 0 Å². The highest BCUT2D eigenvalue weighted by Gasteiger charge is 2.31. The quantitative estimate of drug-likeness (QED) is 0.773. The Morgan fingerprint density at radius 1 is 1.33 bits per heavy atom. The molecule has 1 fully saturated rings. The van der Waals surface area contributed by atoms with E-state index in [1.165, 1.54) is 10.4 Å². The van der Waals surface area contributed by atoms with E-state index in [9.17, 15) is 13.2 Å². The predicted molar refractivity (Wildman–Crippen MR) is 83.8 cm³/mol. The molecule has 1 amide bonds. The Labute approximate surface area is 132 Å². The predicted octanol–water partition coefficient (Wildman–Crippen LogP) is 1.31. The number of nitrogen functional groups attached to an aromatic ring is 1. The van der Waals surface area contributed by atoms with Crippen LogP contribution in [0.5, 0.6) is 0 Å². The summed E-state index contributed by atoms with van der Waals surface area (Å²) in [6.07, 6.45) is 1.58. The molecule has 1 saturated heterocycles. The van der Waals surface area contributed by atoms with E-state index in [1.54, 1.807) is 12.1 Å². The molecule has 1 aromatic rings. The van der Waals surface area contributed by atoms with E-state index in [4.69, 9.17) is 11.5 Å². The first kappa shape index (κ1) is 16.3. The van der Waals surface area contributed by atoms with Gasteiger partial charge in [0.15, 0.2) is 0 Å². The zero-order valence-corrected chi connectivity index (χ0v) is 13.9. The lowest BCUT2D eigenvalue weighted by Gasteiger charge is -2.31. The smallest absolute Gasteiger partial charge is 0.245 e. The first-order chi connectivity index (χ1) is 9.80. The number of anilines is 1. The summed E-state index contributed by atoms with van der Waals surface area (Å²) in [4.78, 5) is 11.0. The molecule has 116 valence electrons. The number of sulfonamides is 1. The fourth-order valence-electron chi connectivity index (χ4n) is 2.51. The largest absolute Gasteiger partial charge is 0.398 e. The van der Waals surface area contributed by atoms with Gasteiger partial charge in [0.1, 0.15) is 4.90 Å². The molecule has 2 rings (SSSR count). The minimum Gasteiger partial charge on any atom is -0.398 e. The minimum atomic E-state index is -3.60. The van der Waals surface area contributed by atoms with Crippen LogP contribution in [0, 0.1) is 5.92 Å². The second-order valence-electron chi connectivity index (χ2n) is 5.20. The Balaban J connectivity index is 2.15. The maximum Gasteiger partial charge on any atom is 0.245 e. The SMILES string of the molecule is NC(=O)CC1CCN(S(=O)(=O)c2cc(Br)ccc2N)CC1. The summed E-state index contributed by atoms with van der Waals surface area (Å²) in [6.45, 7) is 0.762. The van der Waals surface area contributed by atoms with Crippen LogP contribution in [0.1, 0.15) is 19.3 Å². The summed E-state index contributed by atoms with van der Waals surface area (Å²) in [7, 11) is -3.60. The van der Waals surface area contributed by atoms with Crippen LogP contribution >= 0.6 is 15.9 Å². The molecule has 0 aliphatic carbocycles. The number of hydrogen-bond acceptors (Lipinski definition) is 4. The number of carbonyl (C=O) groups is 1. The van der Waals surface area contributed by atoms with Crippen LogP contribution in [0.25, 0.3) is 0 Å². The molecule has 1 aliphatic rings. The van der Waals surface area contributed by atoms with Crippen molar-refractivity contribution in [3.05, 3.63) is 22.7 Å². The minimum absolute atomic E-state index is 0.116. The highest BCUT2D eigenvalue weighted by atomic mass is 79.9. The first-order valence-electron chi connectivity index (χ1n) is 6.64. The van der Waals surface area contributed by atoms with Crippen LogP contribution in [0.15, 0.2) is 27.6 Å². The fourth-order valence-corrected chi connectivity index (χ4v) is 4.63. The van der Waals surface area contributed by atoms with Crippen molar-refractivity contribution in [2.45, 2.75) is 24.2 Å². The summed E-state index contributed by atoms with van der Waals surface area (Å²) in [5, 5.41) is 0. The Hall–Kier alpha value is -1.12. The van der Waals surface area contributed by atoms with Gasteiger partial charge in [0.2, 0.25) is 15.9 Å². The molecule has 0 radical (unpaired) electrons. The van der Waals surface area contributed by atoms with Crippen molar-refractivity contribution in [2.24, 2.45) is 11.7 Å². The van der Waals surface area contributed by atoms with E-state index >= 15 is 0 Å². The Bertz CT molecular complexity index is 640. The van der Waals surface area contributed by atoms with Gasteiger partial charge in [-0.2, -0.15) is 4.31 Å². The maximum atomic E-state index is 12.6. The van der Waals surface area contributed by atoms with E-state index in [0.29, 0.717) is 36.8 Å². The third kappa shape index (κ3) is 3.75. The van der Waals surface area contributed by atoms with Gasteiger partial charge in [-0.05, 0) is 37.0 Å². The summed E-state index contributed by atoms with van der Waals surface area (Å²) < 4.78 is 27.3. The monoisotopic (exact) mass is 375 g/mol. The van der Waals surface area contributed by atoms with E-state index in [1.807, 2.05) is 0 Å². The van der Waals surface area contributed by atoms with E-state index in [2.05, 4.69) is 15.9 Å². The molecule has 0 bridgehead atoms. The Kier molecular flexibility index (Phi) is 4.90. The zero-order valence-electron chi connectivity index (χ0n) is 11.5. The number of halogens is 1. The van der Waals surface area contributed by atoms with E-state index in [0.717, 1.165) is 0 Å². The number of nitrogens with two attached hydrogens (primary N) is 2. The van der Waals surface area contributed by atoms with Gasteiger partial charge in [0.05, 0.1) is 5.69 Å². The first-order valence-corrected chi connectivity index (χ1v) is 8.87. The summed E-state index contributed by atoms with van der Waals surface area (Å²) in [5.74, 6) is -0.179. The molecule has 0 saturated carbocycles. The van der Waals surface area contributed by atoms with Gasteiger partial charge in [-0.1, -0.05) is 15.9 Å². The van der Waals surface area contributed by atoms with Crippen molar-refractivity contribution in [1.29, 1.82) is 0 Å². The molecule has 8 heteroatoms. The number of benzene rings is 1. The van der Waals surface area contributed by atoms with Crippen LogP contribution in [0.2, 0.25) is 0 Å². The van der Waals surface area contributed by atoms with Gasteiger partial charge in [-0.25, -0.2) is 8.42 Å². The number of primary amides is 1. The molecular weight excluding hydrogens is 358 g/mol. The Morgan fingerprint density at radius 2 is 1.95 bits per heavy atom. The van der Waals surface area contributed by atoms with Crippen LogP contribution in [-0.2, 0) is 14.8 Å². The standard InChI is InChI=1S/C13H18BrN3O3S/c14-10-1-2-11(15)12(8-10)21(19,20)17-5-3-9(4-6-17)7-13(16)18/h1-2,8-9H,3-7,15H2,(H2,16,18). The zero-order chi connectivity index (χ0) is 15.6. The third-order valence-electron chi connectivity index (χ3n) is 3.66. The third-order valence-corrected chi connectivity index (χ3v) is 6.10. The molecule has 1 aliphatic heterocycles. The van der Waals surface area contributed by atoms with Crippen molar-refractivity contribution in [3.63, 3.8) is 0 Å². The molecule has 1 heterocycles. The van der Waals surface area contributed by atoms with Crippen molar-refractivity contribution >= 4 is 37.5 Å². The molecule has 0 spiro atoms. The molecular formula is C13H18BrN3O3S. The average Bonchev–Trinajstić information content (AvgIpc) is 2.41. The van der Waals surface area contributed by atoms with Gasteiger partial charge in [0.25, 0.3) is 0 Å². The fraction of sp³-hybridized carbons (Fsp3) is 0.462. The maximum absolute atomic E-state index is 12.6. The van der Waals surface area contributed by atoms with Crippen LogP contribution in [-0.4, -0.2) is 31.7 Å². The number of piperidine rings is 1. The van der Waals surface area contributed by atoms with Crippen LogP contribution in [0.4, 0.5) is 5.69 Å². The number of hydrogen-bond donors (Lipinski definition) is 2. The highest BCUT2D eigenvalue weighted by molar-refractivity contribution is 9.10. The normalized spacial score (nSPS) is 17.8. The second-order valence-corrected chi connectivity index (χ2v) is 8.02. The average molecular weight is 376 g/mol. The lowest BCUT2D eigenvalue weighted by molar-refractivity contribution is -0.119. The number of amides is 1. The summed E-state index contributed by atoms with van der Waals surface area (Å²) >= 11 is 3.26. The van der Waals surface area contributed by atoms with Crippen molar-refractivity contribution < 1.29 is 13.2 Å². The van der Waals surface area contributed by atoms with Crippen molar-refractivity contribution in [2.75, 3.05) is 18.8 Å². The van der Waals surface area contributed by atoms with Gasteiger partial charge < -0.3 is 11.5 Å². The van der Waals surface area contributed by atoms with Gasteiger partial charge >= 0.3 is 0 Å². The number of nitrogens with zero attached hydrogens (tertiary/aromatic N) is 1.